The lowest BCUT2D eigenvalue weighted by Crippen LogP contribution is -2.09. The van der Waals surface area contributed by atoms with Crippen molar-refractivity contribution in [2.45, 2.75) is 19.3 Å². The van der Waals surface area contributed by atoms with Crippen LogP contribution in [0, 0.1) is 0 Å². The molecule has 2 N–H and O–H groups in total. The molecule has 0 saturated heterocycles. The maximum atomic E-state index is 10.1. The standard InChI is InChI=1S/C6H11NO.ClH/c1-2-3-4-5-6(7)8;/h2H,1,3-5H2,(H2,7,8);1H. The quantitative estimate of drug-likeness (QED) is 0.475. The van der Waals surface area contributed by atoms with Gasteiger partial charge in [0.25, 0.3) is 0 Å². The van der Waals surface area contributed by atoms with E-state index in [0.29, 0.717) is 6.42 Å². The molecule has 0 aromatic rings. The van der Waals surface area contributed by atoms with Crippen LogP contribution in [0.25, 0.3) is 0 Å². The number of hydrogen-bond acceptors (Lipinski definition) is 1. The van der Waals surface area contributed by atoms with Crippen molar-refractivity contribution in [2.75, 3.05) is 0 Å². The van der Waals surface area contributed by atoms with Gasteiger partial charge in [0.2, 0.25) is 5.91 Å². The molecule has 0 fully saturated rings. The second-order valence-corrected chi connectivity index (χ2v) is 1.65. The van der Waals surface area contributed by atoms with Crippen LogP contribution in [0.1, 0.15) is 19.3 Å². The summed E-state index contributed by atoms with van der Waals surface area (Å²) in [5, 5.41) is 0. The van der Waals surface area contributed by atoms with Crippen LogP contribution in [0.3, 0.4) is 0 Å². The summed E-state index contributed by atoms with van der Waals surface area (Å²) < 4.78 is 0. The van der Waals surface area contributed by atoms with E-state index in [-0.39, 0.29) is 18.3 Å². The molecule has 0 saturated carbocycles. The largest absolute Gasteiger partial charge is 0.370 e. The van der Waals surface area contributed by atoms with E-state index >= 15 is 0 Å². The van der Waals surface area contributed by atoms with Gasteiger partial charge in [0.05, 0.1) is 0 Å². The van der Waals surface area contributed by atoms with Gasteiger partial charge in [-0.2, -0.15) is 0 Å². The fourth-order valence-electron chi connectivity index (χ4n) is 0.421. The zero-order chi connectivity index (χ0) is 6.41. The first-order chi connectivity index (χ1) is 3.77. The summed E-state index contributed by atoms with van der Waals surface area (Å²) in [6.07, 6.45) is 3.97. The molecule has 0 radical (unpaired) electrons. The highest BCUT2D eigenvalue weighted by atomic mass is 35.5. The highest BCUT2D eigenvalue weighted by Crippen LogP contribution is 1.92. The first kappa shape index (κ1) is 11.3. The molecule has 1 amide bonds. The molecule has 0 rings (SSSR count). The lowest BCUT2D eigenvalue weighted by Gasteiger charge is -1.88. The number of rotatable bonds is 4. The third-order valence-electron chi connectivity index (χ3n) is 0.831. The van der Waals surface area contributed by atoms with Crippen LogP contribution in [0.2, 0.25) is 0 Å². The van der Waals surface area contributed by atoms with Crippen LogP contribution in [-0.4, -0.2) is 5.91 Å². The van der Waals surface area contributed by atoms with Crippen molar-refractivity contribution in [1.29, 1.82) is 0 Å². The van der Waals surface area contributed by atoms with Gasteiger partial charge in [0, 0.05) is 6.42 Å². The molecule has 54 valence electrons. The minimum absolute atomic E-state index is 0. The molecule has 0 heterocycles. The van der Waals surface area contributed by atoms with Crippen molar-refractivity contribution in [1.82, 2.24) is 0 Å². The van der Waals surface area contributed by atoms with Gasteiger partial charge in [-0.1, -0.05) is 6.08 Å². The van der Waals surface area contributed by atoms with Gasteiger partial charge in [-0.25, -0.2) is 0 Å². The summed E-state index contributed by atoms with van der Waals surface area (Å²) in [6.45, 7) is 3.51. The van der Waals surface area contributed by atoms with Crippen molar-refractivity contribution < 1.29 is 4.79 Å². The second-order valence-electron chi connectivity index (χ2n) is 1.65. The molecular weight excluding hydrogens is 138 g/mol. The number of carbonyl (C=O) groups excluding carboxylic acids is 1. The van der Waals surface area contributed by atoms with Crippen molar-refractivity contribution >= 4 is 18.3 Å². The van der Waals surface area contributed by atoms with Crippen LogP contribution < -0.4 is 5.73 Å². The Labute approximate surface area is 61.5 Å². The molecular formula is C6H12ClNO. The van der Waals surface area contributed by atoms with Crippen molar-refractivity contribution in [2.24, 2.45) is 5.73 Å². The highest BCUT2D eigenvalue weighted by molar-refractivity contribution is 5.85. The average Bonchev–Trinajstić information content (AvgIpc) is 1.66. The summed E-state index contributed by atoms with van der Waals surface area (Å²) in [4.78, 5) is 10.1. The number of hydrogen-bond donors (Lipinski definition) is 1. The molecule has 0 bridgehead atoms. The van der Waals surface area contributed by atoms with E-state index in [1.165, 1.54) is 0 Å². The minimum Gasteiger partial charge on any atom is -0.370 e. The number of amides is 1. The fraction of sp³-hybridized carbons (Fsp3) is 0.500. The molecule has 9 heavy (non-hydrogen) atoms. The van der Waals surface area contributed by atoms with E-state index in [1.807, 2.05) is 0 Å². The Morgan fingerprint density at radius 1 is 1.67 bits per heavy atom. The maximum Gasteiger partial charge on any atom is 0.217 e. The Morgan fingerprint density at radius 3 is 2.56 bits per heavy atom. The van der Waals surface area contributed by atoms with Crippen molar-refractivity contribution in [3.8, 4) is 0 Å². The Morgan fingerprint density at radius 2 is 2.22 bits per heavy atom. The third-order valence-corrected chi connectivity index (χ3v) is 0.831. The summed E-state index contributed by atoms with van der Waals surface area (Å²) in [5.41, 5.74) is 4.86. The van der Waals surface area contributed by atoms with Gasteiger partial charge >= 0.3 is 0 Å². The first-order valence-corrected chi connectivity index (χ1v) is 2.66. The summed E-state index contributed by atoms with van der Waals surface area (Å²) in [7, 11) is 0. The number of carbonyl (C=O) groups is 1. The first-order valence-electron chi connectivity index (χ1n) is 2.66. The Balaban J connectivity index is 0. The molecule has 0 aliphatic heterocycles. The van der Waals surface area contributed by atoms with E-state index in [4.69, 9.17) is 5.73 Å². The van der Waals surface area contributed by atoms with Crippen LogP contribution in [-0.2, 0) is 4.79 Å². The topological polar surface area (TPSA) is 43.1 Å². The number of nitrogens with two attached hydrogens (primary N) is 1. The van der Waals surface area contributed by atoms with Crippen molar-refractivity contribution in [3.63, 3.8) is 0 Å². The summed E-state index contributed by atoms with van der Waals surface area (Å²) in [6, 6.07) is 0. The molecule has 0 unspecified atom stereocenters. The minimum atomic E-state index is -0.230. The van der Waals surface area contributed by atoms with Crippen LogP contribution in [0.15, 0.2) is 12.7 Å². The smallest absolute Gasteiger partial charge is 0.217 e. The molecule has 0 spiro atoms. The van der Waals surface area contributed by atoms with Gasteiger partial charge in [0.1, 0.15) is 0 Å². The maximum absolute atomic E-state index is 10.1. The van der Waals surface area contributed by atoms with E-state index < -0.39 is 0 Å². The number of allylic oxidation sites excluding steroid dienone is 1. The van der Waals surface area contributed by atoms with Crippen molar-refractivity contribution in [3.05, 3.63) is 12.7 Å². The normalized spacial score (nSPS) is 7.56. The second kappa shape index (κ2) is 7.50. The van der Waals surface area contributed by atoms with E-state index in [0.717, 1.165) is 12.8 Å². The molecule has 0 aromatic heterocycles. The monoisotopic (exact) mass is 149 g/mol. The van der Waals surface area contributed by atoms with Gasteiger partial charge in [-0.15, -0.1) is 19.0 Å². The van der Waals surface area contributed by atoms with Gasteiger partial charge in [-0.05, 0) is 12.8 Å². The van der Waals surface area contributed by atoms with Gasteiger partial charge in [-0.3, -0.25) is 4.79 Å². The molecule has 2 nitrogen and oxygen atoms in total. The number of primary amides is 1. The van der Waals surface area contributed by atoms with Crippen LogP contribution in [0.4, 0.5) is 0 Å². The van der Waals surface area contributed by atoms with Crippen LogP contribution >= 0.6 is 12.4 Å². The highest BCUT2D eigenvalue weighted by Gasteiger charge is 1.89. The van der Waals surface area contributed by atoms with E-state index in [2.05, 4.69) is 6.58 Å². The molecule has 0 aliphatic carbocycles. The third kappa shape index (κ3) is 11.2. The number of halogens is 1. The molecule has 3 heteroatoms. The van der Waals surface area contributed by atoms with Gasteiger partial charge in [0.15, 0.2) is 0 Å². The lowest BCUT2D eigenvalue weighted by molar-refractivity contribution is -0.118. The summed E-state index contributed by atoms with van der Waals surface area (Å²) in [5.74, 6) is -0.230. The Hall–Kier alpha value is -0.500. The average molecular weight is 150 g/mol. The van der Waals surface area contributed by atoms with E-state index in [9.17, 15) is 4.79 Å². The number of unbranched alkanes of at least 4 members (excludes halogenated alkanes) is 1. The molecule has 0 atom stereocenters. The van der Waals surface area contributed by atoms with Crippen LogP contribution in [0.5, 0.6) is 0 Å². The zero-order valence-corrected chi connectivity index (χ0v) is 6.12. The SMILES string of the molecule is C=CCCCC(N)=O.Cl. The Kier molecular flexibility index (Phi) is 9.43. The predicted molar refractivity (Wildman–Crippen MR) is 40.5 cm³/mol. The predicted octanol–water partition coefficient (Wildman–Crippen LogP) is 1.25. The van der Waals surface area contributed by atoms with Gasteiger partial charge < -0.3 is 5.73 Å². The summed E-state index contributed by atoms with van der Waals surface area (Å²) >= 11 is 0. The fourth-order valence-corrected chi connectivity index (χ4v) is 0.421. The lowest BCUT2D eigenvalue weighted by atomic mass is 10.2. The van der Waals surface area contributed by atoms with E-state index in [1.54, 1.807) is 6.08 Å². The molecule has 0 aromatic carbocycles. The zero-order valence-electron chi connectivity index (χ0n) is 5.30. The molecule has 0 aliphatic rings. The Bertz CT molecular complexity index is 93.1.